The lowest BCUT2D eigenvalue weighted by molar-refractivity contribution is -0.384. The van der Waals surface area contributed by atoms with E-state index < -0.39 is 10.9 Å². The van der Waals surface area contributed by atoms with Gasteiger partial charge in [-0.05, 0) is 12.5 Å². The van der Waals surface area contributed by atoms with Crippen LogP contribution < -0.4 is 5.32 Å². The van der Waals surface area contributed by atoms with E-state index >= 15 is 0 Å². The zero-order chi connectivity index (χ0) is 15.2. The third-order valence-corrected chi connectivity index (χ3v) is 2.81. The average molecular weight is 291 g/mol. The highest BCUT2D eigenvalue weighted by atomic mass is 16.6. The fourth-order valence-electron chi connectivity index (χ4n) is 1.86. The number of rotatable bonds is 7. The molecule has 9 heteroatoms. The van der Waals surface area contributed by atoms with Gasteiger partial charge in [-0.25, -0.2) is 4.79 Å². The second kappa shape index (κ2) is 6.46. The number of carbonyl (C=O) groups is 1. The van der Waals surface area contributed by atoms with Gasteiger partial charge in [-0.3, -0.25) is 14.8 Å². The van der Waals surface area contributed by atoms with Gasteiger partial charge in [0, 0.05) is 25.4 Å². The van der Waals surface area contributed by atoms with Crippen molar-refractivity contribution in [1.82, 2.24) is 15.0 Å². The molecule has 0 radical (unpaired) electrons. The molecular weight excluding hydrogens is 278 g/mol. The van der Waals surface area contributed by atoms with Gasteiger partial charge in [-0.15, -0.1) is 5.10 Å². The molecule has 0 aliphatic heterocycles. The lowest BCUT2D eigenvalue weighted by Gasteiger charge is -2.09. The summed E-state index contributed by atoms with van der Waals surface area (Å²) in [7, 11) is 0. The smallest absolute Gasteiger partial charge is 0.338 e. The van der Waals surface area contributed by atoms with E-state index in [4.69, 9.17) is 5.11 Å². The normalized spacial score (nSPS) is 10.3. The molecule has 0 aliphatic carbocycles. The molecule has 110 valence electrons. The van der Waals surface area contributed by atoms with Crippen molar-refractivity contribution in [3.05, 3.63) is 46.3 Å². The molecule has 1 aromatic heterocycles. The van der Waals surface area contributed by atoms with Gasteiger partial charge >= 0.3 is 5.97 Å². The van der Waals surface area contributed by atoms with Crippen LogP contribution in [0.2, 0.25) is 0 Å². The minimum atomic E-state index is -1.21. The summed E-state index contributed by atoms with van der Waals surface area (Å²) in [5, 5.41) is 30.3. The summed E-state index contributed by atoms with van der Waals surface area (Å²) in [5.74, 6) is -1.21. The number of nitrogens with one attached hydrogen (secondary N) is 1. The Morgan fingerprint density at radius 3 is 2.90 bits per heavy atom. The third kappa shape index (κ3) is 3.53. The number of nitrogens with zero attached hydrogens (tertiary/aromatic N) is 4. The van der Waals surface area contributed by atoms with Crippen LogP contribution in [0.25, 0.3) is 0 Å². The predicted molar refractivity (Wildman–Crippen MR) is 73.2 cm³/mol. The standard InChI is InChI=1S/C12H13N5O4/c18-12(19)9-3-1-4-10(17(20)21)11(9)13-5-2-7-16-8-6-14-15-16/h1,3-4,6,8,13H,2,5,7H2,(H,18,19). The van der Waals surface area contributed by atoms with Crippen LogP contribution in [0.5, 0.6) is 0 Å². The summed E-state index contributed by atoms with van der Waals surface area (Å²) in [6.45, 7) is 0.959. The molecule has 0 unspecified atom stereocenters. The lowest BCUT2D eigenvalue weighted by Crippen LogP contribution is -2.12. The summed E-state index contributed by atoms with van der Waals surface area (Å²) in [5.41, 5.74) is -0.353. The number of nitro groups is 1. The van der Waals surface area contributed by atoms with Crippen molar-refractivity contribution in [2.24, 2.45) is 0 Å². The zero-order valence-electron chi connectivity index (χ0n) is 11.0. The number of carboxylic acid groups (broad SMARTS) is 1. The first kappa shape index (κ1) is 14.4. The zero-order valence-corrected chi connectivity index (χ0v) is 11.0. The lowest BCUT2D eigenvalue weighted by atomic mass is 10.1. The first-order chi connectivity index (χ1) is 10.1. The summed E-state index contributed by atoms with van der Waals surface area (Å²) in [6.07, 6.45) is 3.88. The summed E-state index contributed by atoms with van der Waals surface area (Å²) < 4.78 is 1.62. The van der Waals surface area contributed by atoms with Gasteiger partial charge in [0.15, 0.2) is 0 Å². The Balaban J connectivity index is 2.06. The maximum absolute atomic E-state index is 11.1. The maximum Gasteiger partial charge on any atom is 0.338 e. The highest BCUT2D eigenvalue weighted by Crippen LogP contribution is 2.28. The van der Waals surface area contributed by atoms with Gasteiger partial charge in [-0.2, -0.15) is 0 Å². The molecule has 1 heterocycles. The van der Waals surface area contributed by atoms with Crippen molar-refractivity contribution in [2.45, 2.75) is 13.0 Å². The Hall–Kier alpha value is -2.97. The van der Waals surface area contributed by atoms with Gasteiger partial charge in [0.25, 0.3) is 5.69 Å². The summed E-state index contributed by atoms with van der Waals surface area (Å²) in [4.78, 5) is 21.5. The molecule has 0 saturated carbocycles. The minimum Gasteiger partial charge on any atom is -0.478 e. The molecule has 0 saturated heterocycles. The molecule has 0 bridgehead atoms. The van der Waals surface area contributed by atoms with Crippen LogP contribution in [0.1, 0.15) is 16.8 Å². The molecule has 2 rings (SSSR count). The van der Waals surface area contributed by atoms with E-state index in [1.165, 1.54) is 18.2 Å². The van der Waals surface area contributed by atoms with Gasteiger partial charge in [0.1, 0.15) is 5.69 Å². The molecule has 0 atom stereocenters. The highest BCUT2D eigenvalue weighted by molar-refractivity contribution is 5.96. The van der Waals surface area contributed by atoms with Crippen molar-refractivity contribution in [3.8, 4) is 0 Å². The molecule has 1 aromatic carbocycles. The van der Waals surface area contributed by atoms with Crippen LogP contribution in [-0.2, 0) is 6.54 Å². The van der Waals surface area contributed by atoms with E-state index in [0.717, 1.165) is 0 Å². The van der Waals surface area contributed by atoms with Crippen LogP contribution in [0, 0.1) is 10.1 Å². The monoisotopic (exact) mass is 291 g/mol. The fourth-order valence-corrected chi connectivity index (χ4v) is 1.86. The predicted octanol–water partition coefficient (Wildman–Crippen LogP) is 1.39. The Morgan fingerprint density at radius 2 is 2.29 bits per heavy atom. The number of nitro benzene ring substituents is 1. The Labute approximate surface area is 119 Å². The number of anilines is 1. The second-order valence-electron chi connectivity index (χ2n) is 4.21. The number of benzene rings is 1. The SMILES string of the molecule is O=C(O)c1cccc([N+](=O)[O-])c1NCCCn1ccnn1. The van der Waals surface area contributed by atoms with Crippen molar-refractivity contribution in [2.75, 3.05) is 11.9 Å². The molecule has 9 nitrogen and oxygen atoms in total. The van der Waals surface area contributed by atoms with Crippen LogP contribution in [0.3, 0.4) is 0 Å². The Bertz CT molecular complexity index is 609. The molecule has 2 N–H and O–H groups in total. The molecule has 2 aromatic rings. The largest absolute Gasteiger partial charge is 0.478 e. The van der Waals surface area contributed by atoms with Crippen LogP contribution in [0.15, 0.2) is 30.6 Å². The van der Waals surface area contributed by atoms with Gasteiger partial charge in [-0.1, -0.05) is 11.3 Å². The van der Waals surface area contributed by atoms with Crippen molar-refractivity contribution in [3.63, 3.8) is 0 Å². The second-order valence-corrected chi connectivity index (χ2v) is 4.21. The first-order valence-corrected chi connectivity index (χ1v) is 6.18. The average Bonchev–Trinajstić information content (AvgIpc) is 2.96. The van der Waals surface area contributed by atoms with Gasteiger partial charge in [0.05, 0.1) is 16.7 Å². The quantitative estimate of drug-likeness (QED) is 0.448. The number of hydrogen-bond donors (Lipinski definition) is 2. The fraction of sp³-hybridized carbons (Fsp3) is 0.250. The minimum absolute atomic E-state index is 0.0218. The maximum atomic E-state index is 11.1. The Morgan fingerprint density at radius 1 is 1.48 bits per heavy atom. The van der Waals surface area contributed by atoms with Crippen LogP contribution in [-0.4, -0.2) is 37.5 Å². The summed E-state index contributed by atoms with van der Waals surface area (Å²) >= 11 is 0. The van der Waals surface area contributed by atoms with Crippen molar-refractivity contribution >= 4 is 17.3 Å². The van der Waals surface area contributed by atoms with Crippen molar-refractivity contribution < 1.29 is 14.8 Å². The van der Waals surface area contributed by atoms with E-state index in [2.05, 4.69) is 15.6 Å². The van der Waals surface area contributed by atoms with Crippen LogP contribution in [0.4, 0.5) is 11.4 Å². The van der Waals surface area contributed by atoms with E-state index in [9.17, 15) is 14.9 Å². The topological polar surface area (TPSA) is 123 Å². The first-order valence-electron chi connectivity index (χ1n) is 6.18. The number of hydrogen-bond acceptors (Lipinski definition) is 6. The van der Waals surface area contributed by atoms with Gasteiger partial charge < -0.3 is 10.4 Å². The van der Waals surface area contributed by atoms with E-state index in [1.807, 2.05) is 0 Å². The Kier molecular flexibility index (Phi) is 4.44. The molecule has 0 aliphatic rings. The number of carboxylic acids is 1. The number of para-hydroxylation sites is 1. The van der Waals surface area contributed by atoms with E-state index in [-0.39, 0.29) is 16.9 Å². The van der Waals surface area contributed by atoms with E-state index in [0.29, 0.717) is 19.5 Å². The highest BCUT2D eigenvalue weighted by Gasteiger charge is 2.20. The molecular formula is C12H13N5O4. The van der Waals surface area contributed by atoms with Crippen molar-refractivity contribution in [1.29, 1.82) is 0 Å². The number of aromatic nitrogens is 3. The number of aromatic carboxylic acids is 1. The molecule has 21 heavy (non-hydrogen) atoms. The number of aryl methyl sites for hydroxylation is 1. The summed E-state index contributed by atoms with van der Waals surface area (Å²) in [6, 6.07) is 3.95. The van der Waals surface area contributed by atoms with E-state index in [1.54, 1.807) is 17.1 Å². The third-order valence-electron chi connectivity index (χ3n) is 2.81. The molecule has 0 spiro atoms. The van der Waals surface area contributed by atoms with Gasteiger partial charge in [0.2, 0.25) is 0 Å². The molecule has 0 fully saturated rings. The molecule has 0 amide bonds. The van der Waals surface area contributed by atoms with Crippen LogP contribution >= 0.6 is 0 Å².